The predicted molar refractivity (Wildman–Crippen MR) is 121 cm³/mol. The zero-order valence-corrected chi connectivity index (χ0v) is 19.4. The van der Waals surface area contributed by atoms with Crippen molar-refractivity contribution in [1.29, 1.82) is 0 Å². The van der Waals surface area contributed by atoms with Gasteiger partial charge < -0.3 is 9.90 Å². The lowest BCUT2D eigenvalue weighted by Crippen LogP contribution is -2.22. The maximum Gasteiger partial charge on any atom is 0.435 e. The van der Waals surface area contributed by atoms with Crippen LogP contribution in [0.15, 0.2) is 58.5 Å². The first-order valence-electron chi connectivity index (χ1n) is 10.1. The molecule has 0 fully saturated rings. The van der Waals surface area contributed by atoms with E-state index in [1.165, 1.54) is 41.7 Å². The maximum atomic E-state index is 13.6. The van der Waals surface area contributed by atoms with E-state index < -0.39 is 17.8 Å². The molecular weight excluding hydrogens is 451 g/mol. The summed E-state index contributed by atoms with van der Waals surface area (Å²) in [5, 5.41) is 15.2. The van der Waals surface area contributed by atoms with Crippen molar-refractivity contribution in [3.8, 4) is 0 Å². The lowest BCUT2D eigenvalue weighted by atomic mass is 9.87. The first-order chi connectivity index (χ1) is 15.4. The van der Waals surface area contributed by atoms with E-state index in [-0.39, 0.29) is 27.3 Å². The highest BCUT2D eigenvalue weighted by Gasteiger charge is 2.38. The van der Waals surface area contributed by atoms with Crippen molar-refractivity contribution < 1.29 is 23.1 Å². The Morgan fingerprint density at radius 3 is 2.33 bits per heavy atom. The average molecular weight is 475 g/mol. The Morgan fingerprint density at radius 2 is 1.76 bits per heavy atom. The Bertz CT molecular complexity index is 1180. The van der Waals surface area contributed by atoms with Crippen molar-refractivity contribution in [2.45, 2.75) is 43.1 Å². The highest BCUT2D eigenvalue weighted by atomic mass is 32.2. The fourth-order valence-electron chi connectivity index (χ4n) is 3.17. The lowest BCUT2D eigenvalue weighted by molar-refractivity contribution is -0.254. The van der Waals surface area contributed by atoms with Gasteiger partial charge in [0.1, 0.15) is 5.03 Å². The summed E-state index contributed by atoms with van der Waals surface area (Å²) < 4.78 is 42.1. The van der Waals surface area contributed by atoms with Crippen LogP contribution in [0.4, 0.5) is 18.9 Å². The molecule has 0 aliphatic heterocycles. The molecular formula is C24H23F3N3O2S-. The number of aromatic carboxylic acids is 1. The van der Waals surface area contributed by atoms with E-state index >= 15 is 0 Å². The fourth-order valence-corrected chi connectivity index (χ4v) is 4.20. The summed E-state index contributed by atoms with van der Waals surface area (Å²) in [4.78, 5) is 15.3. The van der Waals surface area contributed by atoms with Crippen molar-refractivity contribution in [2.24, 2.45) is 12.0 Å². The minimum atomic E-state index is -4.69. The second-order valence-electron chi connectivity index (χ2n) is 8.49. The van der Waals surface area contributed by atoms with Gasteiger partial charge in [-0.1, -0.05) is 63.2 Å². The smallest absolute Gasteiger partial charge is 0.435 e. The Hall–Kier alpha value is -3.07. The Labute approximate surface area is 194 Å². The van der Waals surface area contributed by atoms with Gasteiger partial charge in [-0.15, -0.1) is 11.8 Å². The molecule has 1 aromatic heterocycles. The van der Waals surface area contributed by atoms with Crippen LogP contribution < -0.4 is 5.11 Å². The second-order valence-corrected chi connectivity index (χ2v) is 9.45. The summed E-state index contributed by atoms with van der Waals surface area (Å²) in [6, 6.07) is 13.7. The van der Waals surface area contributed by atoms with Gasteiger partial charge in [-0.05, 0) is 22.6 Å². The molecule has 0 bridgehead atoms. The number of carbonyl (C=O) groups excluding carboxylic acids is 1. The SMILES string of the molecule is Cn1nc(C(F)(F)F)c(C=Nc2ccccc2C(=O)[O-])c1SCc1ccc(C(C)(C)C)cc1. The number of aliphatic imine (C=N–C) groups is 1. The molecule has 0 aliphatic carbocycles. The number of para-hydroxylation sites is 1. The van der Waals surface area contributed by atoms with Crippen LogP contribution in [0.1, 0.15) is 53.5 Å². The minimum Gasteiger partial charge on any atom is -0.545 e. The lowest BCUT2D eigenvalue weighted by Gasteiger charge is -2.19. The molecule has 0 saturated heterocycles. The van der Waals surface area contributed by atoms with Crippen molar-refractivity contribution >= 4 is 29.6 Å². The zero-order valence-electron chi connectivity index (χ0n) is 18.6. The molecule has 5 nitrogen and oxygen atoms in total. The number of hydrogen-bond donors (Lipinski definition) is 0. The van der Waals surface area contributed by atoms with E-state index in [2.05, 4.69) is 30.9 Å². The molecule has 0 saturated carbocycles. The van der Waals surface area contributed by atoms with Crippen molar-refractivity contribution in [3.05, 3.63) is 76.5 Å². The Morgan fingerprint density at radius 1 is 1.12 bits per heavy atom. The molecule has 3 aromatic rings. The first-order valence-corrected chi connectivity index (χ1v) is 11.1. The van der Waals surface area contributed by atoms with E-state index in [1.54, 1.807) is 6.07 Å². The van der Waals surface area contributed by atoms with Gasteiger partial charge in [0.2, 0.25) is 0 Å². The predicted octanol–water partition coefficient (Wildman–Crippen LogP) is 5.14. The van der Waals surface area contributed by atoms with E-state index in [0.717, 1.165) is 17.3 Å². The number of aromatic nitrogens is 2. The summed E-state index contributed by atoms with van der Waals surface area (Å²) in [6.45, 7) is 6.32. The normalized spacial score (nSPS) is 12.5. The van der Waals surface area contributed by atoms with E-state index in [0.29, 0.717) is 5.75 Å². The van der Waals surface area contributed by atoms with E-state index in [9.17, 15) is 23.1 Å². The number of carboxylic acids is 1. The van der Waals surface area contributed by atoms with Crippen molar-refractivity contribution in [1.82, 2.24) is 9.78 Å². The van der Waals surface area contributed by atoms with E-state index in [1.807, 2.05) is 24.3 Å². The highest BCUT2D eigenvalue weighted by molar-refractivity contribution is 7.98. The van der Waals surface area contributed by atoms with Gasteiger partial charge in [0.05, 0.1) is 17.2 Å². The first kappa shape index (κ1) is 24.6. The molecule has 9 heteroatoms. The molecule has 0 unspecified atom stereocenters. The van der Waals surface area contributed by atoms with E-state index in [4.69, 9.17) is 0 Å². The van der Waals surface area contributed by atoms with Crippen LogP contribution in [0.3, 0.4) is 0 Å². The summed E-state index contributed by atoms with van der Waals surface area (Å²) >= 11 is 1.20. The number of benzene rings is 2. The van der Waals surface area contributed by atoms with Crippen LogP contribution in [0.25, 0.3) is 0 Å². The quantitative estimate of drug-likeness (QED) is 0.366. The van der Waals surface area contributed by atoms with Crippen LogP contribution >= 0.6 is 11.8 Å². The number of rotatable bonds is 6. The van der Waals surface area contributed by atoms with Gasteiger partial charge in [0.15, 0.2) is 5.69 Å². The summed E-state index contributed by atoms with van der Waals surface area (Å²) in [5.74, 6) is -1.03. The summed E-state index contributed by atoms with van der Waals surface area (Å²) in [6.07, 6.45) is -3.68. The summed E-state index contributed by atoms with van der Waals surface area (Å²) in [7, 11) is 1.44. The van der Waals surface area contributed by atoms with Gasteiger partial charge in [0, 0.05) is 24.6 Å². The summed E-state index contributed by atoms with van der Waals surface area (Å²) in [5.41, 5.74) is 0.617. The third-order valence-electron chi connectivity index (χ3n) is 4.95. The van der Waals surface area contributed by atoms with Gasteiger partial charge in [-0.25, -0.2) is 0 Å². The standard InChI is InChI=1S/C24H24F3N3O2S/c1-23(2,3)16-11-9-15(10-12-16)14-33-21-18(20(24(25,26)27)29-30(21)4)13-28-19-8-6-5-7-17(19)22(31)32/h5-13H,14H2,1-4H3,(H,31,32)/p-1. The topological polar surface area (TPSA) is 70.3 Å². The molecule has 3 rings (SSSR count). The number of thioether (sulfide) groups is 1. The zero-order chi connectivity index (χ0) is 24.4. The fraction of sp³-hybridized carbons (Fsp3) is 0.292. The molecule has 1 heterocycles. The highest BCUT2D eigenvalue weighted by Crippen LogP contribution is 2.36. The average Bonchev–Trinajstić information content (AvgIpc) is 3.06. The Balaban J connectivity index is 1.94. The number of alkyl halides is 3. The molecule has 0 spiro atoms. The number of aryl methyl sites for hydroxylation is 1. The van der Waals surface area contributed by atoms with Crippen molar-refractivity contribution in [3.63, 3.8) is 0 Å². The number of carbonyl (C=O) groups is 1. The monoisotopic (exact) mass is 474 g/mol. The van der Waals surface area contributed by atoms with Crippen LogP contribution in [-0.4, -0.2) is 22.0 Å². The number of hydrogen-bond acceptors (Lipinski definition) is 5. The van der Waals surface area contributed by atoms with Crippen LogP contribution in [0.5, 0.6) is 0 Å². The minimum absolute atomic E-state index is 0.000712. The maximum absolute atomic E-state index is 13.6. The third kappa shape index (κ3) is 5.84. The molecule has 0 aliphatic rings. The molecule has 2 aromatic carbocycles. The van der Waals surface area contributed by atoms with Crippen molar-refractivity contribution in [2.75, 3.05) is 0 Å². The number of nitrogens with zero attached hydrogens (tertiary/aromatic N) is 3. The second kappa shape index (κ2) is 9.43. The number of halogens is 3. The molecule has 33 heavy (non-hydrogen) atoms. The van der Waals surface area contributed by atoms with Gasteiger partial charge in [0.25, 0.3) is 0 Å². The molecule has 0 amide bonds. The molecule has 0 N–H and O–H groups in total. The van der Waals surface area contributed by atoms with Gasteiger partial charge in [-0.3, -0.25) is 9.67 Å². The molecule has 0 atom stereocenters. The molecule has 0 radical (unpaired) electrons. The van der Waals surface area contributed by atoms with Gasteiger partial charge >= 0.3 is 6.18 Å². The Kier molecular flexibility index (Phi) is 7.02. The third-order valence-corrected chi connectivity index (χ3v) is 6.19. The van der Waals surface area contributed by atoms with Crippen LogP contribution in [0.2, 0.25) is 0 Å². The number of carboxylic acid groups (broad SMARTS) is 1. The van der Waals surface area contributed by atoms with Crippen LogP contribution in [0, 0.1) is 0 Å². The molecule has 174 valence electrons. The largest absolute Gasteiger partial charge is 0.545 e. The van der Waals surface area contributed by atoms with Gasteiger partial charge in [-0.2, -0.15) is 18.3 Å². The van der Waals surface area contributed by atoms with Crippen LogP contribution in [-0.2, 0) is 24.4 Å².